The molecule has 0 aromatic carbocycles. The fourth-order valence-electron chi connectivity index (χ4n) is 1.28. The number of halogens is 1. The second kappa shape index (κ2) is 2.42. The first-order valence-electron chi connectivity index (χ1n) is 3.66. The van der Waals surface area contributed by atoms with Gasteiger partial charge in [-0.2, -0.15) is 0 Å². The molecule has 0 bridgehead atoms. The van der Waals surface area contributed by atoms with Gasteiger partial charge in [0.1, 0.15) is 0 Å². The van der Waals surface area contributed by atoms with Gasteiger partial charge in [-0.25, -0.2) is 0 Å². The lowest BCUT2D eigenvalue weighted by Gasteiger charge is -1.93. The first-order valence-corrected chi connectivity index (χ1v) is 4.03. The summed E-state index contributed by atoms with van der Waals surface area (Å²) < 4.78 is 1.66. The van der Waals surface area contributed by atoms with E-state index >= 15 is 0 Å². The Bertz CT molecular complexity index is 394. The minimum absolute atomic E-state index is 0.218. The van der Waals surface area contributed by atoms with Crippen molar-refractivity contribution in [3.8, 4) is 5.88 Å². The van der Waals surface area contributed by atoms with Gasteiger partial charge in [0, 0.05) is 11.8 Å². The van der Waals surface area contributed by atoms with E-state index in [1.807, 2.05) is 18.2 Å². The largest absolute Gasteiger partial charge is 0.494 e. The topological polar surface area (TPSA) is 24.6 Å². The van der Waals surface area contributed by atoms with E-state index in [1.54, 1.807) is 17.5 Å². The minimum Gasteiger partial charge on any atom is -0.494 e. The molecule has 0 aliphatic carbocycles. The van der Waals surface area contributed by atoms with Crippen LogP contribution < -0.4 is 0 Å². The fourth-order valence-corrected chi connectivity index (χ4v) is 1.52. The zero-order valence-electron chi connectivity index (χ0n) is 6.58. The van der Waals surface area contributed by atoms with Crippen molar-refractivity contribution in [3.63, 3.8) is 0 Å². The van der Waals surface area contributed by atoms with Gasteiger partial charge in [0.2, 0.25) is 0 Å². The predicted molar refractivity (Wildman–Crippen MR) is 48.8 cm³/mol. The summed E-state index contributed by atoms with van der Waals surface area (Å²) in [6.07, 6.45) is 1.78. The molecule has 2 nitrogen and oxygen atoms in total. The van der Waals surface area contributed by atoms with E-state index in [0.717, 1.165) is 11.1 Å². The van der Waals surface area contributed by atoms with Gasteiger partial charge in [0.05, 0.1) is 10.5 Å². The maximum atomic E-state index is 9.56. The van der Waals surface area contributed by atoms with E-state index in [-0.39, 0.29) is 5.88 Å². The molecule has 2 rings (SSSR count). The van der Waals surface area contributed by atoms with E-state index in [0.29, 0.717) is 5.02 Å². The van der Waals surface area contributed by atoms with E-state index in [2.05, 4.69) is 0 Å². The average Bonchev–Trinajstić information content (AvgIpc) is 2.33. The summed E-state index contributed by atoms with van der Waals surface area (Å²) in [5, 5.41) is 10.2. The molecule has 2 aromatic heterocycles. The molecule has 3 heteroatoms. The summed E-state index contributed by atoms with van der Waals surface area (Å²) in [6, 6.07) is 5.61. The van der Waals surface area contributed by atoms with Crippen LogP contribution in [0.1, 0.15) is 5.56 Å². The Hall–Kier alpha value is -1.15. The number of aromatic nitrogens is 1. The highest BCUT2D eigenvalue weighted by molar-refractivity contribution is 6.35. The Kier molecular flexibility index (Phi) is 1.51. The molecule has 62 valence electrons. The molecule has 0 radical (unpaired) electrons. The van der Waals surface area contributed by atoms with Gasteiger partial charge in [-0.3, -0.25) is 4.40 Å². The van der Waals surface area contributed by atoms with Crippen LogP contribution in [0.25, 0.3) is 5.52 Å². The smallest absolute Gasteiger partial charge is 0.200 e. The Labute approximate surface area is 75.0 Å². The Morgan fingerprint density at radius 1 is 1.42 bits per heavy atom. The molecule has 12 heavy (non-hydrogen) atoms. The van der Waals surface area contributed by atoms with Crippen LogP contribution >= 0.6 is 11.6 Å². The second-order valence-electron chi connectivity index (χ2n) is 2.72. The normalized spacial score (nSPS) is 10.8. The standard InChI is InChI=1S/C9H8ClNO/c1-6-8(10)7-4-2-3-5-11(7)9(6)12/h2-5,12H,1H3. The molecule has 0 aliphatic heterocycles. The molecule has 2 aromatic rings. The maximum Gasteiger partial charge on any atom is 0.200 e. The van der Waals surface area contributed by atoms with Crippen molar-refractivity contribution in [2.45, 2.75) is 6.92 Å². The molecule has 0 amide bonds. The van der Waals surface area contributed by atoms with Gasteiger partial charge in [-0.15, -0.1) is 0 Å². The summed E-state index contributed by atoms with van der Waals surface area (Å²) in [4.78, 5) is 0. The highest BCUT2D eigenvalue weighted by Gasteiger charge is 2.10. The highest BCUT2D eigenvalue weighted by atomic mass is 35.5. The third-order valence-electron chi connectivity index (χ3n) is 1.98. The van der Waals surface area contributed by atoms with E-state index in [4.69, 9.17) is 11.6 Å². The molecule has 0 saturated carbocycles. The summed E-state index contributed by atoms with van der Waals surface area (Å²) in [5.74, 6) is 0.218. The maximum absolute atomic E-state index is 9.56. The average molecular weight is 182 g/mol. The number of nitrogens with zero attached hydrogens (tertiary/aromatic N) is 1. The van der Waals surface area contributed by atoms with Crippen LogP contribution in [0.4, 0.5) is 0 Å². The zero-order valence-corrected chi connectivity index (χ0v) is 7.34. The van der Waals surface area contributed by atoms with Crippen molar-refractivity contribution < 1.29 is 5.11 Å². The zero-order chi connectivity index (χ0) is 8.72. The van der Waals surface area contributed by atoms with Crippen molar-refractivity contribution in [1.82, 2.24) is 4.40 Å². The van der Waals surface area contributed by atoms with Crippen molar-refractivity contribution >= 4 is 17.1 Å². The monoisotopic (exact) mass is 181 g/mol. The number of hydrogen-bond acceptors (Lipinski definition) is 1. The molecule has 0 fully saturated rings. The lowest BCUT2D eigenvalue weighted by molar-refractivity contribution is 0.445. The van der Waals surface area contributed by atoms with Crippen molar-refractivity contribution in [2.24, 2.45) is 0 Å². The van der Waals surface area contributed by atoms with E-state index in [9.17, 15) is 5.11 Å². The number of fused-ring (bicyclic) bond motifs is 1. The summed E-state index contributed by atoms with van der Waals surface area (Å²) >= 11 is 5.97. The molecule has 0 spiro atoms. The van der Waals surface area contributed by atoms with Crippen LogP contribution in [0.3, 0.4) is 0 Å². The number of pyridine rings is 1. The summed E-state index contributed by atoms with van der Waals surface area (Å²) in [6.45, 7) is 1.80. The SMILES string of the molecule is Cc1c(Cl)c2ccccn2c1O. The quantitative estimate of drug-likeness (QED) is 0.664. The van der Waals surface area contributed by atoms with Crippen LogP contribution in [-0.2, 0) is 0 Å². The second-order valence-corrected chi connectivity index (χ2v) is 3.10. The molecule has 0 saturated heterocycles. The Morgan fingerprint density at radius 3 is 2.83 bits per heavy atom. The van der Waals surface area contributed by atoms with Gasteiger partial charge in [-0.1, -0.05) is 17.7 Å². The van der Waals surface area contributed by atoms with Crippen LogP contribution in [0.5, 0.6) is 5.88 Å². The molecule has 2 heterocycles. The lowest BCUT2D eigenvalue weighted by atomic mass is 10.3. The number of hydrogen-bond donors (Lipinski definition) is 1. The highest BCUT2D eigenvalue weighted by Crippen LogP contribution is 2.31. The van der Waals surface area contributed by atoms with Gasteiger partial charge >= 0.3 is 0 Å². The number of aromatic hydroxyl groups is 1. The van der Waals surface area contributed by atoms with Gasteiger partial charge in [-0.05, 0) is 19.1 Å². The molecular formula is C9H8ClNO. The summed E-state index contributed by atoms with van der Waals surface area (Å²) in [5.41, 5.74) is 1.57. The third kappa shape index (κ3) is 0.816. The van der Waals surface area contributed by atoms with Crippen molar-refractivity contribution in [2.75, 3.05) is 0 Å². The first kappa shape index (κ1) is 7.50. The van der Waals surface area contributed by atoms with Crippen LogP contribution in [0.2, 0.25) is 5.02 Å². The van der Waals surface area contributed by atoms with Crippen molar-refractivity contribution in [3.05, 3.63) is 35.0 Å². The first-order chi connectivity index (χ1) is 5.72. The van der Waals surface area contributed by atoms with E-state index < -0.39 is 0 Å². The van der Waals surface area contributed by atoms with Gasteiger partial charge < -0.3 is 5.11 Å². The molecular weight excluding hydrogens is 174 g/mol. The minimum atomic E-state index is 0.218. The van der Waals surface area contributed by atoms with Gasteiger partial charge in [0.25, 0.3) is 0 Å². The number of rotatable bonds is 0. The van der Waals surface area contributed by atoms with Crippen LogP contribution in [0.15, 0.2) is 24.4 Å². The van der Waals surface area contributed by atoms with Crippen molar-refractivity contribution in [1.29, 1.82) is 0 Å². The fraction of sp³-hybridized carbons (Fsp3) is 0.111. The van der Waals surface area contributed by atoms with Gasteiger partial charge in [0.15, 0.2) is 5.88 Å². The van der Waals surface area contributed by atoms with Crippen LogP contribution in [0, 0.1) is 6.92 Å². The molecule has 0 unspecified atom stereocenters. The Balaban J connectivity index is 2.99. The predicted octanol–water partition coefficient (Wildman–Crippen LogP) is 2.61. The lowest BCUT2D eigenvalue weighted by Crippen LogP contribution is -1.79. The molecule has 0 atom stereocenters. The Morgan fingerprint density at radius 2 is 2.17 bits per heavy atom. The van der Waals surface area contributed by atoms with Crippen LogP contribution in [-0.4, -0.2) is 9.51 Å². The summed E-state index contributed by atoms with van der Waals surface area (Å²) in [7, 11) is 0. The molecule has 1 N–H and O–H groups in total. The third-order valence-corrected chi connectivity index (χ3v) is 2.45. The molecule has 0 aliphatic rings. The van der Waals surface area contributed by atoms with E-state index in [1.165, 1.54) is 0 Å².